The van der Waals surface area contributed by atoms with Crippen LogP contribution >= 0.6 is 0 Å². The van der Waals surface area contributed by atoms with Gasteiger partial charge in [-0.15, -0.1) is 0 Å². The fourth-order valence-corrected chi connectivity index (χ4v) is 3.58. The highest BCUT2D eigenvalue weighted by Crippen LogP contribution is 2.30. The Morgan fingerprint density at radius 1 is 0.889 bits per heavy atom. The van der Waals surface area contributed by atoms with Gasteiger partial charge in [0.25, 0.3) is 0 Å². The van der Waals surface area contributed by atoms with E-state index in [2.05, 4.69) is 15.2 Å². The van der Waals surface area contributed by atoms with Gasteiger partial charge in [0, 0.05) is 44.8 Å². The number of hydrogen-bond donors (Lipinski definition) is 2. The maximum Gasteiger partial charge on any atom is 0.0211 e. The smallest absolute Gasteiger partial charge is 0.0211 e. The number of hydrazine groups is 1. The first-order valence-corrected chi connectivity index (χ1v) is 7.77. The van der Waals surface area contributed by atoms with Crippen molar-refractivity contribution >= 4 is 0 Å². The number of hydrogen-bond acceptors (Lipinski definition) is 4. The number of nitrogens with two attached hydrogens (primary N) is 1. The van der Waals surface area contributed by atoms with Crippen LogP contribution in [0.1, 0.15) is 38.5 Å². The molecule has 1 saturated heterocycles. The number of nitrogens with zero attached hydrogens (tertiary/aromatic N) is 2. The van der Waals surface area contributed by atoms with Gasteiger partial charge in [0.05, 0.1) is 0 Å². The molecular weight excluding hydrogens is 224 g/mol. The second-order valence-corrected chi connectivity index (χ2v) is 6.45. The fourth-order valence-electron chi connectivity index (χ4n) is 3.58. The molecule has 0 unspecified atom stereocenters. The number of nitrogens with one attached hydrogen (secondary N) is 1. The average molecular weight is 252 g/mol. The van der Waals surface area contributed by atoms with E-state index in [9.17, 15) is 0 Å². The van der Waals surface area contributed by atoms with Crippen molar-refractivity contribution in [3.8, 4) is 0 Å². The van der Waals surface area contributed by atoms with Crippen LogP contribution in [-0.2, 0) is 0 Å². The molecule has 1 heterocycles. The zero-order valence-electron chi connectivity index (χ0n) is 11.5. The zero-order chi connectivity index (χ0) is 12.4. The summed E-state index contributed by atoms with van der Waals surface area (Å²) in [5.74, 6) is 6.57. The molecule has 3 fully saturated rings. The monoisotopic (exact) mass is 252 g/mol. The van der Waals surface area contributed by atoms with Crippen LogP contribution in [0.2, 0.25) is 0 Å². The molecule has 0 radical (unpaired) electrons. The average Bonchev–Trinajstić information content (AvgIpc) is 3.24. The van der Waals surface area contributed by atoms with Crippen LogP contribution in [0, 0.1) is 5.92 Å². The lowest BCUT2D eigenvalue weighted by Crippen LogP contribution is -2.52. The van der Waals surface area contributed by atoms with Gasteiger partial charge in [-0.05, 0) is 44.4 Å². The van der Waals surface area contributed by atoms with Gasteiger partial charge in [0.15, 0.2) is 0 Å². The van der Waals surface area contributed by atoms with Crippen molar-refractivity contribution < 1.29 is 0 Å². The van der Waals surface area contributed by atoms with Crippen LogP contribution in [0.25, 0.3) is 0 Å². The third-order valence-corrected chi connectivity index (χ3v) is 5.07. The summed E-state index contributed by atoms with van der Waals surface area (Å²) < 4.78 is 0. The Morgan fingerprint density at radius 3 is 2.11 bits per heavy atom. The predicted octanol–water partition coefficient (Wildman–Crippen LogP) is 0.788. The van der Waals surface area contributed by atoms with E-state index in [0.717, 1.165) is 12.0 Å². The molecule has 0 aromatic carbocycles. The van der Waals surface area contributed by atoms with Crippen LogP contribution in [0.4, 0.5) is 0 Å². The van der Waals surface area contributed by atoms with Crippen LogP contribution in [0.15, 0.2) is 0 Å². The van der Waals surface area contributed by atoms with Gasteiger partial charge in [-0.25, -0.2) is 0 Å². The highest BCUT2D eigenvalue weighted by Gasteiger charge is 2.30. The van der Waals surface area contributed by atoms with Crippen molar-refractivity contribution in [1.29, 1.82) is 0 Å². The number of piperazine rings is 1. The zero-order valence-corrected chi connectivity index (χ0v) is 11.5. The Hall–Kier alpha value is -0.160. The van der Waals surface area contributed by atoms with Crippen LogP contribution in [0.3, 0.4) is 0 Å². The Morgan fingerprint density at radius 2 is 1.56 bits per heavy atom. The van der Waals surface area contributed by atoms with E-state index < -0.39 is 0 Å². The summed E-state index contributed by atoms with van der Waals surface area (Å²) in [6.45, 7) is 6.55. The lowest BCUT2D eigenvalue weighted by Gasteiger charge is -2.42. The molecule has 2 saturated carbocycles. The number of rotatable bonds is 4. The van der Waals surface area contributed by atoms with E-state index in [1.165, 1.54) is 71.2 Å². The van der Waals surface area contributed by atoms with E-state index >= 15 is 0 Å². The largest absolute Gasteiger partial charge is 0.301 e. The van der Waals surface area contributed by atoms with Crippen molar-refractivity contribution in [3.05, 3.63) is 0 Å². The maximum absolute atomic E-state index is 5.53. The molecule has 0 atom stereocenters. The van der Waals surface area contributed by atoms with Gasteiger partial charge in [-0.1, -0.05) is 0 Å². The molecule has 0 aromatic heterocycles. The van der Waals surface area contributed by atoms with E-state index in [4.69, 9.17) is 5.84 Å². The van der Waals surface area contributed by atoms with Crippen molar-refractivity contribution in [2.24, 2.45) is 11.8 Å². The first-order chi connectivity index (χ1) is 8.85. The van der Waals surface area contributed by atoms with Gasteiger partial charge in [-0.3, -0.25) is 16.2 Å². The van der Waals surface area contributed by atoms with Crippen LogP contribution in [0.5, 0.6) is 0 Å². The molecule has 0 aromatic rings. The molecule has 1 aliphatic heterocycles. The summed E-state index contributed by atoms with van der Waals surface area (Å²) >= 11 is 0. The van der Waals surface area contributed by atoms with Gasteiger partial charge < -0.3 is 4.90 Å². The molecule has 3 rings (SSSR count). The molecule has 104 valence electrons. The Balaban J connectivity index is 1.39. The third kappa shape index (κ3) is 3.23. The van der Waals surface area contributed by atoms with E-state index in [1.54, 1.807) is 0 Å². The SMILES string of the molecule is NNC1CCC(N2CCN(CC3CC3)CC2)CC1. The normalized spacial score (nSPS) is 35.8. The van der Waals surface area contributed by atoms with Crippen molar-refractivity contribution in [3.63, 3.8) is 0 Å². The Kier molecular flexibility index (Phi) is 4.19. The third-order valence-electron chi connectivity index (χ3n) is 5.07. The van der Waals surface area contributed by atoms with Crippen molar-refractivity contribution in [2.75, 3.05) is 32.7 Å². The Bertz CT molecular complexity index is 251. The first-order valence-electron chi connectivity index (χ1n) is 7.77. The van der Waals surface area contributed by atoms with Gasteiger partial charge in [0.2, 0.25) is 0 Å². The molecule has 0 amide bonds. The lowest BCUT2D eigenvalue weighted by atomic mass is 9.90. The summed E-state index contributed by atoms with van der Waals surface area (Å²) in [5, 5.41) is 0. The minimum Gasteiger partial charge on any atom is -0.301 e. The van der Waals surface area contributed by atoms with Gasteiger partial charge in [-0.2, -0.15) is 0 Å². The summed E-state index contributed by atoms with van der Waals surface area (Å²) in [6, 6.07) is 1.40. The van der Waals surface area contributed by atoms with E-state index in [-0.39, 0.29) is 0 Å². The molecule has 18 heavy (non-hydrogen) atoms. The second kappa shape index (κ2) is 5.87. The summed E-state index contributed by atoms with van der Waals surface area (Å²) in [6.07, 6.45) is 8.13. The van der Waals surface area contributed by atoms with E-state index in [0.29, 0.717) is 6.04 Å². The molecule has 0 spiro atoms. The fraction of sp³-hybridized carbons (Fsp3) is 1.00. The van der Waals surface area contributed by atoms with Gasteiger partial charge >= 0.3 is 0 Å². The molecule has 4 heteroatoms. The molecule has 4 nitrogen and oxygen atoms in total. The summed E-state index contributed by atoms with van der Waals surface area (Å²) in [4.78, 5) is 5.41. The highest BCUT2D eigenvalue weighted by atomic mass is 15.3. The van der Waals surface area contributed by atoms with Crippen molar-refractivity contribution in [2.45, 2.75) is 50.6 Å². The van der Waals surface area contributed by atoms with Crippen LogP contribution < -0.4 is 11.3 Å². The molecular formula is C14H28N4. The topological polar surface area (TPSA) is 44.5 Å². The minimum atomic E-state index is 0.567. The summed E-state index contributed by atoms with van der Waals surface area (Å²) in [7, 11) is 0. The molecule has 3 N–H and O–H groups in total. The van der Waals surface area contributed by atoms with E-state index in [1.807, 2.05) is 0 Å². The predicted molar refractivity (Wildman–Crippen MR) is 74.1 cm³/mol. The molecule has 3 aliphatic rings. The quantitative estimate of drug-likeness (QED) is 0.573. The Labute approximate surface area is 111 Å². The van der Waals surface area contributed by atoms with Crippen LogP contribution in [-0.4, -0.2) is 54.6 Å². The molecule has 0 bridgehead atoms. The van der Waals surface area contributed by atoms with Crippen molar-refractivity contribution in [1.82, 2.24) is 15.2 Å². The maximum atomic E-state index is 5.53. The standard InChI is InChI=1S/C14H28N4/c15-16-13-3-5-14(6-4-13)18-9-7-17(8-10-18)11-12-1-2-12/h12-14,16H,1-11,15H2. The first kappa shape index (κ1) is 12.9. The minimum absolute atomic E-state index is 0.567. The lowest BCUT2D eigenvalue weighted by molar-refractivity contribution is 0.0720. The highest BCUT2D eigenvalue weighted by molar-refractivity contribution is 4.86. The second-order valence-electron chi connectivity index (χ2n) is 6.45. The summed E-state index contributed by atoms with van der Waals surface area (Å²) in [5.41, 5.74) is 2.94. The van der Waals surface area contributed by atoms with Gasteiger partial charge in [0.1, 0.15) is 0 Å². The molecule has 2 aliphatic carbocycles.